The fourth-order valence-electron chi connectivity index (χ4n) is 1.55. The van der Waals surface area contributed by atoms with E-state index >= 15 is 0 Å². The first-order valence-electron chi connectivity index (χ1n) is 5.81. The zero-order valence-electron chi connectivity index (χ0n) is 9.86. The first kappa shape index (κ1) is 13.5. The number of rotatable bonds is 6. The van der Waals surface area contributed by atoms with Gasteiger partial charge in [-0.25, -0.2) is 4.79 Å². The number of carbonyl (C=O) groups is 3. The molecule has 0 radical (unpaired) electrons. The zero-order valence-corrected chi connectivity index (χ0v) is 9.86. The summed E-state index contributed by atoms with van der Waals surface area (Å²) in [6.45, 7) is 1.91. The van der Waals surface area contributed by atoms with Crippen LogP contribution in [0.1, 0.15) is 39.0 Å². The van der Waals surface area contributed by atoms with E-state index in [1.54, 1.807) is 0 Å². The summed E-state index contributed by atoms with van der Waals surface area (Å²) in [5.74, 6) is -0.848. The first-order valence-corrected chi connectivity index (χ1v) is 5.81. The second kappa shape index (κ2) is 6.22. The number of nitrogens with one attached hydrogen (secondary N) is 2. The maximum atomic E-state index is 11.3. The molecule has 6 nitrogen and oxygen atoms in total. The van der Waals surface area contributed by atoms with Gasteiger partial charge in [0, 0.05) is 18.9 Å². The average molecular weight is 242 g/mol. The molecule has 96 valence electrons. The molecular weight excluding hydrogens is 224 g/mol. The highest BCUT2D eigenvalue weighted by atomic mass is 16.4. The molecule has 3 N–H and O–H groups in total. The van der Waals surface area contributed by atoms with Gasteiger partial charge in [0.2, 0.25) is 5.91 Å². The number of carbonyl (C=O) groups excluding carboxylic acids is 2. The standard InChI is InChI=1S/C11H18N2O4/c1-7(8-5-6-8)12-11(17)13-9(14)3-2-4-10(15)16/h7-8H,2-6H2,1H3,(H,15,16)(H2,12,13,14,17). The minimum Gasteiger partial charge on any atom is -0.481 e. The molecule has 3 amide bonds. The lowest BCUT2D eigenvalue weighted by atomic mass is 10.2. The van der Waals surface area contributed by atoms with Gasteiger partial charge in [0.1, 0.15) is 0 Å². The second-order valence-corrected chi connectivity index (χ2v) is 4.40. The SMILES string of the molecule is CC(NC(=O)NC(=O)CCCC(=O)O)C1CC1. The lowest BCUT2D eigenvalue weighted by molar-refractivity contribution is -0.137. The van der Waals surface area contributed by atoms with Crippen molar-refractivity contribution in [2.45, 2.75) is 45.1 Å². The van der Waals surface area contributed by atoms with E-state index in [0.29, 0.717) is 5.92 Å². The molecule has 1 aliphatic carbocycles. The molecule has 0 spiro atoms. The van der Waals surface area contributed by atoms with Gasteiger partial charge >= 0.3 is 12.0 Å². The van der Waals surface area contributed by atoms with Crippen LogP contribution in [0.2, 0.25) is 0 Å². The third-order valence-corrected chi connectivity index (χ3v) is 2.74. The van der Waals surface area contributed by atoms with Crippen molar-refractivity contribution in [1.29, 1.82) is 0 Å². The van der Waals surface area contributed by atoms with E-state index in [9.17, 15) is 14.4 Å². The Morgan fingerprint density at radius 2 is 1.94 bits per heavy atom. The zero-order chi connectivity index (χ0) is 12.8. The van der Waals surface area contributed by atoms with Crippen LogP contribution in [0.25, 0.3) is 0 Å². The third kappa shape index (κ3) is 5.89. The largest absolute Gasteiger partial charge is 0.481 e. The van der Waals surface area contributed by atoms with Gasteiger partial charge in [0.15, 0.2) is 0 Å². The Morgan fingerprint density at radius 3 is 2.47 bits per heavy atom. The topological polar surface area (TPSA) is 95.5 Å². The molecule has 0 saturated heterocycles. The van der Waals surface area contributed by atoms with Crippen LogP contribution in [0.3, 0.4) is 0 Å². The highest BCUT2D eigenvalue weighted by Crippen LogP contribution is 2.32. The number of carboxylic acid groups (broad SMARTS) is 1. The van der Waals surface area contributed by atoms with E-state index in [1.165, 1.54) is 0 Å². The molecule has 0 aromatic carbocycles. The summed E-state index contributed by atoms with van der Waals surface area (Å²) in [6.07, 6.45) is 2.47. The smallest absolute Gasteiger partial charge is 0.321 e. The predicted octanol–water partition coefficient (Wildman–Crippen LogP) is 0.866. The fourth-order valence-corrected chi connectivity index (χ4v) is 1.55. The van der Waals surface area contributed by atoms with Crippen molar-refractivity contribution in [3.05, 3.63) is 0 Å². The van der Waals surface area contributed by atoms with Crippen molar-refractivity contribution >= 4 is 17.9 Å². The van der Waals surface area contributed by atoms with E-state index in [-0.39, 0.29) is 25.3 Å². The Kier molecular flexibility index (Phi) is 4.93. The summed E-state index contributed by atoms with van der Waals surface area (Å²) in [5.41, 5.74) is 0. The fraction of sp³-hybridized carbons (Fsp3) is 0.727. The van der Waals surface area contributed by atoms with Crippen LogP contribution < -0.4 is 10.6 Å². The number of amides is 3. The minimum absolute atomic E-state index is 0.0531. The van der Waals surface area contributed by atoms with E-state index in [0.717, 1.165) is 12.8 Å². The van der Waals surface area contributed by atoms with Gasteiger partial charge in [0.25, 0.3) is 0 Å². The maximum Gasteiger partial charge on any atom is 0.321 e. The molecule has 0 aromatic rings. The van der Waals surface area contributed by atoms with Gasteiger partial charge < -0.3 is 10.4 Å². The molecule has 1 rings (SSSR count). The lowest BCUT2D eigenvalue weighted by Crippen LogP contribution is -2.44. The summed E-state index contributed by atoms with van der Waals surface area (Å²) in [4.78, 5) is 32.8. The van der Waals surface area contributed by atoms with Gasteiger partial charge in [-0.2, -0.15) is 0 Å². The van der Waals surface area contributed by atoms with Crippen LogP contribution in [-0.4, -0.2) is 29.1 Å². The van der Waals surface area contributed by atoms with Crippen molar-refractivity contribution in [2.24, 2.45) is 5.92 Å². The molecule has 1 unspecified atom stereocenters. The minimum atomic E-state index is -0.940. The van der Waals surface area contributed by atoms with Crippen LogP contribution in [0.4, 0.5) is 4.79 Å². The molecule has 0 aliphatic heterocycles. The Hall–Kier alpha value is -1.59. The summed E-state index contributed by atoms with van der Waals surface area (Å²) >= 11 is 0. The van der Waals surface area contributed by atoms with Crippen molar-refractivity contribution in [3.8, 4) is 0 Å². The highest BCUT2D eigenvalue weighted by molar-refractivity contribution is 5.94. The second-order valence-electron chi connectivity index (χ2n) is 4.40. The predicted molar refractivity (Wildman–Crippen MR) is 60.3 cm³/mol. The Bertz CT molecular complexity index is 313. The van der Waals surface area contributed by atoms with Crippen LogP contribution in [-0.2, 0) is 9.59 Å². The third-order valence-electron chi connectivity index (χ3n) is 2.74. The Morgan fingerprint density at radius 1 is 1.29 bits per heavy atom. The van der Waals surface area contributed by atoms with Crippen molar-refractivity contribution < 1.29 is 19.5 Å². The van der Waals surface area contributed by atoms with Gasteiger partial charge in [-0.3, -0.25) is 14.9 Å². The highest BCUT2D eigenvalue weighted by Gasteiger charge is 2.29. The number of carboxylic acids is 1. The van der Waals surface area contributed by atoms with E-state index in [4.69, 9.17) is 5.11 Å². The molecule has 1 atom stereocenters. The number of hydrogen-bond acceptors (Lipinski definition) is 3. The van der Waals surface area contributed by atoms with Crippen LogP contribution in [0.5, 0.6) is 0 Å². The van der Waals surface area contributed by atoms with E-state index in [2.05, 4.69) is 10.6 Å². The monoisotopic (exact) mass is 242 g/mol. The van der Waals surface area contributed by atoms with E-state index in [1.807, 2.05) is 6.92 Å². The van der Waals surface area contributed by atoms with Crippen molar-refractivity contribution in [1.82, 2.24) is 10.6 Å². The lowest BCUT2D eigenvalue weighted by Gasteiger charge is -2.12. The summed E-state index contributed by atoms with van der Waals surface area (Å²) in [5, 5.41) is 13.3. The normalized spacial score (nSPS) is 16.1. The first-order chi connectivity index (χ1) is 7.99. The number of imide groups is 1. The molecule has 6 heteroatoms. The quantitative estimate of drug-likeness (QED) is 0.643. The maximum absolute atomic E-state index is 11.3. The summed E-state index contributed by atoms with van der Waals surface area (Å²) < 4.78 is 0. The number of urea groups is 1. The molecule has 17 heavy (non-hydrogen) atoms. The van der Waals surface area contributed by atoms with Crippen LogP contribution in [0.15, 0.2) is 0 Å². The summed E-state index contributed by atoms with van der Waals surface area (Å²) in [6, 6.07) is -0.411. The van der Waals surface area contributed by atoms with Crippen molar-refractivity contribution in [2.75, 3.05) is 0 Å². The van der Waals surface area contributed by atoms with Crippen molar-refractivity contribution in [3.63, 3.8) is 0 Å². The molecule has 0 aromatic heterocycles. The van der Waals surface area contributed by atoms with Crippen LogP contribution in [0, 0.1) is 5.92 Å². The molecule has 1 saturated carbocycles. The number of aliphatic carboxylic acids is 1. The van der Waals surface area contributed by atoms with E-state index < -0.39 is 17.9 Å². The Balaban J connectivity index is 2.11. The Labute approximate surface area is 99.8 Å². The molecule has 0 bridgehead atoms. The molecule has 1 aliphatic rings. The van der Waals surface area contributed by atoms with Gasteiger partial charge in [0.05, 0.1) is 0 Å². The molecular formula is C11H18N2O4. The van der Waals surface area contributed by atoms with Crippen LogP contribution >= 0.6 is 0 Å². The molecule has 0 heterocycles. The van der Waals surface area contributed by atoms with Gasteiger partial charge in [-0.05, 0) is 32.1 Å². The average Bonchev–Trinajstić information content (AvgIpc) is 2.98. The number of hydrogen-bond donors (Lipinski definition) is 3. The van der Waals surface area contributed by atoms with Gasteiger partial charge in [-0.1, -0.05) is 0 Å². The molecule has 1 fully saturated rings. The summed E-state index contributed by atoms with van der Waals surface area (Å²) in [7, 11) is 0. The van der Waals surface area contributed by atoms with Gasteiger partial charge in [-0.15, -0.1) is 0 Å².